The Labute approximate surface area is 277 Å². The van der Waals surface area contributed by atoms with Gasteiger partial charge in [0.15, 0.2) is 0 Å². The van der Waals surface area contributed by atoms with Crippen LogP contribution in [0, 0.1) is 17.8 Å². The summed E-state index contributed by atoms with van der Waals surface area (Å²) in [6.07, 6.45) is 7.93. The Hall–Kier alpha value is -2.98. The average Bonchev–Trinajstić information content (AvgIpc) is 3.36. The van der Waals surface area contributed by atoms with Gasteiger partial charge in [0.1, 0.15) is 11.4 Å². The van der Waals surface area contributed by atoms with Crippen LogP contribution in [0.5, 0.6) is 5.75 Å². The number of sulfonamides is 1. The molecule has 2 aromatic rings. The van der Waals surface area contributed by atoms with Gasteiger partial charge in [-0.2, -0.15) is 0 Å². The van der Waals surface area contributed by atoms with Gasteiger partial charge in [0.2, 0.25) is 15.9 Å². The number of oxime groups is 1. The Morgan fingerprint density at radius 1 is 1.09 bits per heavy atom. The maximum atomic E-state index is 13.5. The predicted octanol–water partition coefficient (Wildman–Crippen LogP) is 6.23. The lowest BCUT2D eigenvalue weighted by Crippen LogP contribution is -2.53. The highest BCUT2D eigenvalue weighted by Crippen LogP contribution is 2.52. The summed E-state index contributed by atoms with van der Waals surface area (Å²) in [4.78, 5) is 22.2. The van der Waals surface area contributed by atoms with E-state index in [-0.39, 0.29) is 17.3 Å². The van der Waals surface area contributed by atoms with Crippen LogP contribution in [0.2, 0.25) is 5.02 Å². The van der Waals surface area contributed by atoms with Gasteiger partial charge in [-0.1, -0.05) is 29.7 Å². The quantitative estimate of drug-likeness (QED) is 0.355. The van der Waals surface area contributed by atoms with Crippen molar-refractivity contribution in [3.63, 3.8) is 0 Å². The van der Waals surface area contributed by atoms with Crippen molar-refractivity contribution in [1.29, 1.82) is 0 Å². The van der Waals surface area contributed by atoms with Gasteiger partial charge in [0, 0.05) is 35.0 Å². The minimum atomic E-state index is -3.91. The monoisotopic (exact) mass is 669 g/mol. The molecule has 2 aliphatic carbocycles. The molecule has 5 aliphatic rings. The van der Waals surface area contributed by atoms with Gasteiger partial charge in [-0.15, -0.1) is 0 Å². The second kappa shape index (κ2) is 11.9. The normalized spacial score (nSPS) is 33.8. The highest BCUT2D eigenvalue weighted by atomic mass is 35.5. The number of anilines is 1. The molecule has 3 aliphatic heterocycles. The number of aryl methyl sites for hydroxylation is 1. The first kappa shape index (κ1) is 31.6. The van der Waals surface area contributed by atoms with Crippen molar-refractivity contribution in [2.45, 2.75) is 87.9 Å². The van der Waals surface area contributed by atoms with E-state index in [1.807, 2.05) is 25.1 Å². The molecule has 0 saturated heterocycles. The Morgan fingerprint density at radius 2 is 1.93 bits per heavy atom. The number of amides is 1. The molecule has 1 saturated carbocycles. The molecule has 0 radical (unpaired) electrons. The second-order valence-corrected chi connectivity index (χ2v) is 16.8. The Kier molecular flexibility index (Phi) is 8.19. The molecule has 248 valence electrons. The summed E-state index contributed by atoms with van der Waals surface area (Å²) in [5.41, 5.74) is 2.91. The number of hydrogen-bond acceptors (Lipinski definition) is 8. The number of carbonyl (C=O) groups is 1. The maximum absolute atomic E-state index is 13.5. The van der Waals surface area contributed by atoms with E-state index in [2.05, 4.69) is 26.9 Å². The van der Waals surface area contributed by atoms with Crippen LogP contribution in [0.15, 0.2) is 41.6 Å². The fourth-order valence-corrected chi connectivity index (χ4v) is 10.2. The topological polar surface area (TPSA) is 107 Å². The van der Waals surface area contributed by atoms with Crippen LogP contribution in [0.25, 0.3) is 0 Å². The van der Waals surface area contributed by atoms with Crippen molar-refractivity contribution in [2.24, 2.45) is 22.9 Å². The first-order valence-corrected chi connectivity index (χ1v) is 18.6. The standard InChI is InChI=1S/C35H44ClN3O6S/c1-22-6-4-15-35(18-32(43-3)37-45-35)29-11-8-26(29)19-39-20-34(14-5-7-24-16-27(36)10-12-28(24)34)21-44-31-13-9-25(17-30(31)39)33(40)38-46(41,42)23(22)2/h9-10,12-13,16-17,22-23,26,29H,4-8,11,14-15,18-21H2,1-3H3,(H,38,40)/t22-,23+,26-,29+,34-,35+/m0/s1. The predicted molar refractivity (Wildman–Crippen MR) is 178 cm³/mol. The van der Waals surface area contributed by atoms with Gasteiger partial charge in [0.05, 0.1) is 31.1 Å². The van der Waals surface area contributed by atoms with Crippen LogP contribution < -0.4 is 14.4 Å². The second-order valence-electron chi connectivity index (χ2n) is 14.3. The number of halogens is 1. The first-order chi connectivity index (χ1) is 22.0. The van der Waals surface area contributed by atoms with Crippen LogP contribution in [0.4, 0.5) is 5.69 Å². The van der Waals surface area contributed by atoms with Crippen molar-refractivity contribution < 1.29 is 27.5 Å². The van der Waals surface area contributed by atoms with E-state index < -0.39 is 26.8 Å². The summed E-state index contributed by atoms with van der Waals surface area (Å²) in [5.74, 6) is 1.15. The van der Waals surface area contributed by atoms with Gasteiger partial charge in [-0.05, 0) is 112 Å². The van der Waals surface area contributed by atoms with Gasteiger partial charge in [0.25, 0.3) is 5.91 Å². The van der Waals surface area contributed by atoms with Gasteiger partial charge in [-0.3, -0.25) is 4.79 Å². The molecule has 1 N–H and O–H groups in total. The fraction of sp³-hybridized carbons (Fsp3) is 0.600. The maximum Gasteiger partial charge on any atom is 0.264 e. The molecule has 0 aromatic heterocycles. The number of ether oxygens (including phenoxy) is 2. The highest BCUT2D eigenvalue weighted by Gasteiger charge is 2.54. The fourth-order valence-electron chi connectivity index (χ4n) is 8.65. The third-order valence-electron chi connectivity index (χ3n) is 11.6. The number of methoxy groups -OCH3 is 1. The van der Waals surface area contributed by atoms with E-state index in [9.17, 15) is 13.2 Å². The van der Waals surface area contributed by atoms with E-state index in [1.165, 1.54) is 11.1 Å². The summed E-state index contributed by atoms with van der Waals surface area (Å²) >= 11 is 6.44. The first-order valence-electron chi connectivity index (χ1n) is 16.7. The van der Waals surface area contributed by atoms with E-state index in [4.69, 9.17) is 25.9 Å². The third-order valence-corrected chi connectivity index (χ3v) is 13.8. The summed E-state index contributed by atoms with van der Waals surface area (Å²) in [6.45, 7) is 5.60. The van der Waals surface area contributed by atoms with Crippen molar-refractivity contribution in [1.82, 2.24) is 4.72 Å². The van der Waals surface area contributed by atoms with Gasteiger partial charge in [-0.25, -0.2) is 13.1 Å². The lowest BCUT2D eigenvalue weighted by Gasteiger charge is -2.49. The zero-order valence-corrected chi connectivity index (χ0v) is 28.5. The summed E-state index contributed by atoms with van der Waals surface area (Å²) in [5, 5.41) is 4.35. The Balaban J connectivity index is 1.31. The number of nitrogens with one attached hydrogen (secondary N) is 1. The number of nitrogens with zero attached hydrogens (tertiary/aromatic N) is 2. The molecule has 3 heterocycles. The number of fused-ring (bicyclic) bond motifs is 5. The summed E-state index contributed by atoms with van der Waals surface area (Å²) in [7, 11) is -2.28. The summed E-state index contributed by atoms with van der Waals surface area (Å²) in [6, 6.07) is 11.5. The molecule has 1 fully saturated rings. The van der Waals surface area contributed by atoms with E-state index >= 15 is 0 Å². The molecule has 2 aromatic carbocycles. The molecule has 46 heavy (non-hydrogen) atoms. The largest absolute Gasteiger partial charge is 0.490 e. The molecule has 1 amide bonds. The van der Waals surface area contributed by atoms with Crippen LogP contribution in [-0.2, 0) is 31.4 Å². The molecule has 0 unspecified atom stereocenters. The molecule has 11 heteroatoms. The van der Waals surface area contributed by atoms with Crippen LogP contribution in [-0.4, -0.2) is 57.9 Å². The van der Waals surface area contributed by atoms with E-state index in [1.54, 1.807) is 20.1 Å². The number of rotatable bonds is 0. The van der Waals surface area contributed by atoms with Crippen LogP contribution >= 0.6 is 11.6 Å². The highest BCUT2D eigenvalue weighted by molar-refractivity contribution is 7.90. The summed E-state index contributed by atoms with van der Waals surface area (Å²) < 4.78 is 41.4. The molecule has 6 atom stereocenters. The van der Waals surface area contributed by atoms with Crippen LogP contribution in [0.3, 0.4) is 0 Å². The van der Waals surface area contributed by atoms with E-state index in [0.29, 0.717) is 49.1 Å². The minimum Gasteiger partial charge on any atom is -0.490 e. The molecule has 2 spiro atoms. The molecular weight excluding hydrogens is 626 g/mol. The number of carbonyl (C=O) groups excluding carboxylic acids is 1. The SMILES string of the molecule is COC1=NO[C@]2(CCC[C@H](C)[C@@H](C)S(=O)(=O)NC(=O)c3ccc4c(c3)N(C[C@@H]3CC[C@H]32)C[C@@]2(CCCc3cc(Cl)ccc32)CO4)C1. The Morgan fingerprint density at radius 3 is 2.70 bits per heavy atom. The third kappa shape index (κ3) is 5.53. The average molecular weight is 670 g/mol. The van der Waals surface area contributed by atoms with Gasteiger partial charge >= 0.3 is 0 Å². The van der Waals surface area contributed by atoms with Crippen molar-refractivity contribution in [3.8, 4) is 5.75 Å². The van der Waals surface area contributed by atoms with E-state index in [0.717, 1.165) is 62.2 Å². The van der Waals surface area contributed by atoms with Crippen molar-refractivity contribution >= 4 is 39.1 Å². The molecular formula is C35H44ClN3O6S. The smallest absolute Gasteiger partial charge is 0.264 e. The lowest BCUT2D eigenvalue weighted by atomic mass is 9.62. The van der Waals surface area contributed by atoms with Crippen molar-refractivity contribution in [2.75, 3.05) is 31.7 Å². The Bertz CT molecular complexity index is 1670. The minimum absolute atomic E-state index is 0.156. The molecule has 9 nitrogen and oxygen atoms in total. The zero-order chi connectivity index (χ0) is 32.3. The zero-order valence-electron chi connectivity index (χ0n) is 26.9. The number of benzene rings is 2. The van der Waals surface area contributed by atoms with Gasteiger partial charge < -0.3 is 19.2 Å². The van der Waals surface area contributed by atoms with Crippen molar-refractivity contribution in [3.05, 3.63) is 58.1 Å². The number of hydrogen-bond donors (Lipinski definition) is 1. The molecule has 2 bridgehead atoms. The van der Waals surface area contributed by atoms with Crippen LogP contribution in [0.1, 0.15) is 86.7 Å². The molecule has 7 rings (SSSR count). The lowest BCUT2D eigenvalue weighted by molar-refractivity contribution is -0.118.